The maximum Gasteiger partial charge on any atom is 0.220 e. The van der Waals surface area contributed by atoms with E-state index < -0.39 is 25.4 Å². The summed E-state index contributed by atoms with van der Waals surface area (Å²) in [5.41, 5.74) is -1.30. The van der Waals surface area contributed by atoms with Crippen molar-refractivity contribution in [1.82, 2.24) is 5.32 Å². The van der Waals surface area contributed by atoms with Crippen molar-refractivity contribution in [1.29, 1.82) is 0 Å². The van der Waals surface area contributed by atoms with Gasteiger partial charge in [-0.25, -0.2) is 0 Å². The number of hydrogen-bond donors (Lipinski definition) is 4. The molecule has 0 saturated heterocycles. The number of aliphatic hydroxyl groups is 3. The van der Waals surface area contributed by atoms with E-state index >= 15 is 0 Å². The molecule has 0 aromatic carbocycles. The van der Waals surface area contributed by atoms with Gasteiger partial charge in [0, 0.05) is 6.42 Å². The van der Waals surface area contributed by atoms with E-state index in [1.54, 1.807) is 0 Å². The lowest BCUT2D eigenvalue weighted by Crippen LogP contribution is -2.57. The number of rotatable bonds is 21. The van der Waals surface area contributed by atoms with E-state index in [4.69, 9.17) is 0 Å². The average molecular weight is 402 g/mol. The van der Waals surface area contributed by atoms with Crippen molar-refractivity contribution in [3.8, 4) is 0 Å². The molecule has 0 fully saturated rings. The van der Waals surface area contributed by atoms with Crippen LogP contribution in [0.4, 0.5) is 0 Å². The molecule has 0 saturated carbocycles. The monoisotopic (exact) mass is 401 g/mol. The zero-order chi connectivity index (χ0) is 20.9. The third kappa shape index (κ3) is 15.3. The van der Waals surface area contributed by atoms with E-state index in [1.165, 1.54) is 83.5 Å². The van der Waals surface area contributed by atoms with E-state index in [1.807, 2.05) is 0 Å². The van der Waals surface area contributed by atoms with E-state index in [2.05, 4.69) is 12.2 Å². The Morgan fingerprint density at radius 3 is 1.25 bits per heavy atom. The summed E-state index contributed by atoms with van der Waals surface area (Å²) in [4.78, 5) is 11.8. The fourth-order valence-electron chi connectivity index (χ4n) is 3.46. The number of unbranched alkanes of at least 4 members (excludes halogenated alkanes) is 15. The molecule has 0 bridgehead atoms. The van der Waals surface area contributed by atoms with Crippen molar-refractivity contribution in [2.24, 2.45) is 0 Å². The molecule has 1 amide bonds. The molecule has 5 nitrogen and oxygen atoms in total. The molecular weight excluding hydrogens is 354 g/mol. The van der Waals surface area contributed by atoms with Crippen molar-refractivity contribution in [3.63, 3.8) is 0 Å². The second kappa shape index (κ2) is 19.7. The summed E-state index contributed by atoms with van der Waals surface area (Å²) < 4.78 is 0. The summed E-state index contributed by atoms with van der Waals surface area (Å²) in [6.07, 6.45) is 21.1. The van der Waals surface area contributed by atoms with E-state index in [0.29, 0.717) is 6.42 Å². The molecule has 0 rings (SSSR count). The molecule has 168 valence electrons. The zero-order valence-corrected chi connectivity index (χ0v) is 18.4. The smallest absolute Gasteiger partial charge is 0.220 e. The van der Waals surface area contributed by atoms with Crippen LogP contribution in [0.5, 0.6) is 0 Å². The van der Waals surface area contributed by atoms with Crippen LogP contribution in [0.3, 0.4) is 0 Å². The molecule has 0 aromatic rings. The van der Waals surface area contributed by atoms with Crippen LogP contribution in [0.15, 0.2) is 0 Å². The van der Waals surface area contributed by atoms with Crippen LogP contribution in [0.1, 0.15) is 116 Å². The second-order valence-corrected chi connectivity index (χ2v) is 8.36. The Balaban J connectivity index is 3.34. The Kier molecular flexibility index (Phi) is 19.2. The number of nitrogens with one attached hydrogen (secondary N) is 1. The van der Waals surface area contributed by atoms with Crippen molar-refractivity contribution in [2.45, 2.75) is 122 Å². The minimum Gasteiger partial charge on any atom is -0.394 e. The third-order valence-corrected chi connectivity index (χ3v) is 5.57. The van der Waals surface area contributed by atoms with Gasteiger partial charge in [-0.2, -0.15) is 0 Å². The van der Waals surface area contributed by atoms with Crippen LogP contribution in [-0.4, -0.2) is 46.6 Å². The molecule has 0 atom stereocenters. The van der Waals surface area contributed by atoms with Crippen molar-refractivity contribution in [3.05, 3.63) is 0 Å². The molecule has 0 heterocycles. The minimum absolute atomic E-state index is 0.220. The topological polar surface area (TPSA) is 89.8 Å². The van der Waals surface area contributed by atoms with Crippen molar-refractivity contribution < 1.29 is 20.1 Å². The molecule has 28 heavy (non-hydrogen) atoms. The van der Waals surface area contributed by atoms with E-state index in [0.717, 1.165) is 19.3 Å². The van der Waals surface area contributed by atoms with Gasteiger partial charge in [0.2, 0.25) is 5.91 Å². The maximum atomic E-state index is 11.8. The highest BCUT2D eigenvalue weighted by molar-refractivity contribution is 5.76. The summed E-state index contributed by atoms with van der Waals surface area (Å²) in [5, 5.41) is 30.2. The lowest BCUT2D eigenvalue weighted by atomic mass is 10.0. The van der Waals surface area contributed by atoms with Crippen LogP contribution in [0.25, 0.3) is 0 Å². The van der Waals surface area contributed by atoms with Gasteiger partial charge in [0.1, 0.15) is 5.54 Å². The van der Waals surface area contributed by atoms with Gasteiger partial charge in [-0.3, -0.25) is 4.79 Å². The first-order valence-electron chi connectivity index (χ1n) is 11.8. The van der Waals surface area contributed by atoms with Crippen LogP contribution >= 0.6 is 0 Å². The Morgan fingerprint density at radius 2 is 0.929 bits per heavy atom. The first kappa shape index (κ1) is 27.4. The predicted octanol–water partition coefficient (Wildman–Crippen LogP) is 4.47. The van der Waals surface area contributed by atoms with Crippen LogP contribution in [0, 0.1) is 0 Å². The molecule has 0 aliphatic rings. The number of aliphatic hydroxyl groups excluding tert-OH is 3. The van der Waals surface area contributed by atoms with Crippen LogP contribution < -0.4 is 5.32 Å². The van der Waals surface area contributed by atoms with Crippen molar-refractivity contribution in [2.75, 3.05) is 19.8 Å². The van der Waals surface area contributed by atoms with Gasteiger partial charge in [0.05, 0.1) is 19.8 Å². The first-order valence-corrected chi connectivity index (χ1v) is 11.8. The Morgan fingerprint density at radius 1 is 0.607 bits per heavy atom. The van der Waals surface area contributed by atoms with Gasteiger partial charge >= 0.3 is 0 Å². The highest BCUT2D eigenvalue weighted by atomic mass is 16.3. The maximum absolute atomic E-state index is 11.8. The van der Waals surface area contributed by atoms with Gasteiger partial charge in [0.15, 0.2) is 0 Å². The lowest BCUT2D eigenvalue weighted by molar-refractivity contribution is -0.125. The number of hydrogen-bond acceptors (Lipinski definition) is 4. The normalized spacial score (nSPS) is 11.7. The van der Waals surface area contributed by atoms with Gasteiger partial charge in [-0.15, -0.1) is 0 Å². The summed E-state index contributed by atoms with van der Waals surface area (Å²) in [5.74, 6) is -0.220. The molecule has 0 spiro atoms. The van der Waals surface area contributed by atoms with E-state index in [-0.39, 0.29) is 5.91 Å². The Labute approximate surface area is 173 Å². The Bertz CT molecular complexity index is 337. The largest absolute Gasteiger partial charge is 0.394 e. The lowest BCUT2D eigenvalue weighted by Gasteiger charge is -2.28. The molecule has 0 radical (unpaired) electrons. The van der Waals surface area contributed by atoms with Gasteiger partial charge < -0.3 is 20.6 Å². The molecule has 0 aliphatic heterocycles. The molecule has 4 N–H and O–H groups in total. The Hall–Kier alpha value is -0.650. The molecule has 0 aromatic heterocycles. The van der Waals surface area contributed by atoms with Gasteiger partial charge in [-0.05, 0) is 6.42 Å². The minimum atomic E-state index is -1.30. The SMILES string of the molecule is CCCCCCCCCCCCCCCCCCC(=O)NC(CO)(CO)CO. The van der Waals surface area contributed by atoms with Gasteiger partial charge in [0.25, 0.3) is 0 Å². The highest BCUT2D eigenvalue weighted by Crippen LogP contribution is 2.14. The van der Waals surface area contributed by atoms with Crippen LogP contribution in [-0.2, 0) is 4.79 Å². The zero-order valence-electron chi connectivity index (χ0n) is 18.4. The molecule has 0 unspecified atom stereocenters. The fourth-order valence-corrected chi connectivity index (χ4v) is 3.46. The molecular formula is C23H47NO4. The molecule has 5 heteroatoms. The number of amides is 1. The fraction of sp³-hybridized carbons (Fsp3) is 0.957. The van der Waals surface area contributed by atoms with Crippen molar-refractivity contribution >= 4 is 5.91 Å². The predicted molar refractivity (Wildman–Crippen MR) is 116 cm³/mol. The summed E-state index contributed by atoms with van der Waals surface area (Å²) in [6.45, 7) is 0.862. The second-order valence-electron chi connectivity index (χ2n) is 8.36. The number of carbonyl (C=O) groups excluding carboxylic acids is 1. The number of carbonyl (C=O) groups is 1. The quantitative estimate of drug-likeness (QED) is 0.214. The average Bonchev–Trinajstić information content (AvgIpc) is 2.71. The van der Waals surface area contributed by atoms with Gasteiger partial charge in [-0.1, -0.05) is 103 Å². The summed E-state index contributed by atoms with van der Waals surface area (Å²) >= 11 is 0. The highest BCUT2D eigenvalue weighted by Gasteiger charge is 2.29. The van der Waals surface area contributed by atoms with E-state index in [9.17, 15) is 20.1 Å². The standard InChI is InChI=1S/C23H47NO4/c1-2-3-4-5-6-7-8-9-10-11-12-13-14-15-16-17-18-22(28)24-23(19-25,20-26)21-27/h25-27H,2-21H2,1H3,(H,24,28). The van der Waals surface area contributed by atoms with Crippen LogP contribution in [0.2, 0.25) is 0 Å². The summed E-state index contributed by atoms with van der Waals surface area (Å²) in [7, 11) is 0. The molecule has 0 aliphatic carbocycles. The third-order valence-electron chi connectivity index (χ3n) is 5.57. The first-order chi connectivity index (χ1) is 13.6. The summed E-state index contributed by atoms with van der Waals surface area (Å²) in [6, 6.07) is 0.